The Morgan fingerprint density at radius 3 is 2.68 bits per heavy atom. The van der Waals surface area contributed by atoms with Crippen LogP contribution in [0.1, 0.15) is 24.4 Å². The molecule has 1 atom stereocenters. The molecule has 0 spiro atoms. The Bertz CT molecular complexity index is 951. The van der Waals surface area contributed by atoms with E-state index in [1.807, 2.05) is 43.6 Å². The summed E-state index contributed by atoms with van der Waals surface area (Å²) in [4.78, 5) is 4.69. The molecule has 4 aromatic rings. The summed E-state index contributed by atoms with van der Waals surface area (Å²) in [5, 5.41) is 7.36. The standard InChI is InChI=1S/C20H20N4O/c1-14-11-17(23-22-14)12-15(2)24-13-21-19(16-7-4-3-5-8-16)20(24)18-9-6-10-25-18/h3-11,13,15H,12H2,1-2H3,(H,22,23)/t15-/m1/s1. The van der Waals surface area contributed by atoms with E-state index in [2.05, 4.69) is 44.9 Å². The Balaban J connectivity index is 1.76. The Hall–Kier alpha value is -3.08. The van der Waals surface area contributed by atoms with Crippen molar-refractivity contribution in [2.75, 3.05) is 0 Å². The molecule has 3 heterocycles. The second-order valence-corrected chi connectivity index (χ2v) is 6.29. The summed E-state index contributed by atoms with van der Waals surface area (Å²) in [5.41, 5.74) is 5.13. The summed E-state index contributed by atoms with van der Waals surface area (Å²) < 4.78 is 7.87. The van der Waals surface area contributed by atoms with Gasteiger partial charge in [-0.15, -0.1) is 0 Å². The number of benzene rings is 1. The number of rotatable bonds is 5. The van der Waals surface area contributed by atoms with E-state index in [4.69, 9.17) is 4.42 Å². The Kier molecular flexibility index (Phi) is 3.98. The predicted octanol–water partition coefficient (Wildman–Crippen LogP) is 4.65. The van der Waals surface area contributed by atoms with Crippen molar-refractivity contribution in [2.45, 2.75) is 26.3 Å². The molecule has 126 valence electrons. The van der Waals surface area contributed by atoms with E-state index >= 15 is 0 Å². The van der Waals surface area contributed by atoms with E-state index in [0.29, 0.717) is 0 Å². The van der Waals surface area contributed by atoms with Crippen LogP contribution in [0.4, 0.5) is 0 Å². The van der Waals surface area contributed by atoms with Crippen molar-refractivity contribution in [1.29, 1.82) is 0 Å². The molecule has 0 aliphatic carbocycles. The Labute approximate surface area is 146 Å². The Morgan fingerprint density at radius 2 is 2.00 bits per heavy atom. The maximum Gasteiger partial charge on any atom is 0.152 e. The summed E-state index contributed by atoms with van der Waals surface area (Å²) in [7, 11) is 0. The third kappa shape index (κ3) is 3.01. The van der Waals surface area contributed by atoms with Gasteiger partial charge in [0.05, 0.1) is 24.0 Å². The van der Waals surface area contributed by atoms with Crippen molar-refractivity contribution >= 4 is 0 Å². The molecule has 25 heavy (non-hydrogen) atoms. The van der Waals surface area contributed by atoms with E-state index in [0.717, 1.165) is 40.5 Å². The van der Waals surface area contributed by atoms with Crippen LogP contribution in [0.5, 0.6) is 0 Å². The molecule has 0 unspecified atom stereocenters. The molecule has 0 radical (unpaired) electrons. The van der Waals surface area contributed by atoms with Crippen molar-refractivity contribution in [3.63, 3.8) is 0 Å². The highest BCUT2D eigenvalue weighted by Gasteiger charge is 2.20. The molecule has 0 saturated heterocycles. The van der Waals surface area contributed by atoms with Crippen LogP contribution < -0.4 is 0 Å². The van der Waals surface area contributed by atoms with Crippen LogP contribution in [-0.4, -0.2) is 19.7 Å². The van der Waals surface area contributed by atoms with E-state index < -0.39 is 0 Å². The maximum absolute atomic E-state index is 5.70. The zero-order chi connectivity index (χ0) is 17.2. The molecule has 0 aliphatic heterocycles. The highest BCUT2D eigenvalue weighted by atomic mass is 16.3. The predicted molar refractivity (Wildman–Crippen MR) is 97.1 cm³/mol. The molecule has 0 bridgehead atoms. The van der Waals surface area contributed by atoms with Crippen molar-refractivity contribution in [2.24, 2.45) is 0 Å². The van der Waals surface area contributed by atoms with E-state index in [1.165, 1.54) is 0 Å². The first-order valence-electron chi connectivity index (χ1n) is 8.39. The summed E-state index contributed by atoms with van der Waals surface area (Å²) in [6, 6.07) is 16.4. The summed E-state index contributed by atoms with van der Waals surface area (Å²) in [6.07, 6.45) is 4.41. The van der Waals surface area contributed by atoms with Gasteiger partial charge in [0, 0.05) is 23.7 Å². The van der Waals surface area contributed by atoms with Crippen LogP contribution in [0.15, 0.2) is 65.5 Å². The molecule has 0 fully saturated rings. The fourth-order valence-corrected chi connectivity index (χ4v) is 3.14. The van der Waals surface area contributed by atoms with Crippen molar-refractivity contribution in [3.8, 4) is 22.7 Å². The van der Waals surface area contributed by atoms with Crippen LogP contribution in [-0.2, 0) is 6.42 Å². The second-order valence-electron chi connectivity index (χ2n) is 6.29. The van der Waals surface area contributed by atoms with Gasteiger partial charge in [-0.3, -0.25) is 5.10 Å². The number of imidazole rings is 1. The normalized spacial score (nSPS) is 12.4. The number of furan rings is 1. The first-order valence-corrected chi connectivity index (χ1v) is 8.39. The van der Waals surface area contributed by atoms with E-state index in [-0.39, 0.29) is 6.04 Å². The highest BCUT2D eigenvalue weighted by Crippen LogP contribution is 2.34. The van der Waals surface area contributed by atoms with Gasteiger partial charge in [0.1, 0.15) is 5.69 Å². The lowest BCUT2D eigenvalue weighted by Gasteiger charge is -2.15. The first-order chi connectivity index (χ1) is 12.2. The van der Waals surface area contributed by atoms with Crippen LogP contribution >= 0.6 is 0 Å². The second kappa shape index (κ2) is 6.43. The molecule has 0 aliphatic rings. The lowest BCUT2D eigenvalue weighted by atomic mass is 10.1. The van der Waals surface area contributed by atoms with Gasteiger partial charge < -0.3 is 8.98 Å². The van der Waals surface area contributed by atoms with Crippen molar-refractivity contribution < 1.29 is 4.42 Å². The third-order valence-corrected chi connectivity index (χ3v) is 4.33. The van der Waals surface area contributed by atoms with Crippen LogP contribution in [0, 0.1) is 6.92 Å². The molecular formula is C20H20N4O. The summed E-state index contributed by atoms with van der Waals surface area (Å²) in [5.74, 6) is 0.821. The summed E-state index contributed by atoms with van der Waals surface area (Å²) >= 11 is 0. The zero-order valence-corrected chi connectivity index (χ0v) is 14.3. The average molecular weight is 332 g/mol. The van der Waals surface area contributed by atoms with Crippen LogP contribution in [0.3, 0.4) is 0 Å². The Morgan fingerprint density at radius 1 is 1.16 bits per heavy atom. The van der Waals surface area contributed by atoms with Gasteiger partial charge in [-0.05, 0) is 32.0 Å². The number of aromatic nitrogens is 4. The number of aromatic amines is 1. The average Bonchev–Trinajstić information content (AvgIpc) is 3.35. The minimum absolute atomic E-state index is 0.202. The van der Waals surface area contributed by atoms with Gasteiger partial charge in [-0.2, -0.15) is 5.10 Å². The van der Waals surface area contributed by atoms with Crippen molar-refractivity contribution in [3.05, 3.63) is 72.5 Å². The highest BCUT2D eigenvalue weighted by molar-refractivity contribution is 5.76. The number of nitrogens with zero attached hydrogens (tertiary/aromatic N) is 3. The number of hydrogen-bond donors (Lipinski definition) is 1. The fourth-order valence-electron chi connectivity index (χ4n) is 3.14. The largest absolute Gasteiger partial charge is 0.463 e. The SMILES string of the molecule is Cc1cc(C[C@@H](C)n2cnc(-c3ccccc3)c2-c2ccco2)n[nH]1. The quantitative estimate of drug-likeness (QED) is 0.579. The van der Waals surface area contributed by atoms with Gasteiger partial charge in [0.15, 0.2) is 5.76 Å². The van der Waals surface area contributed by atoms with E-state index in [9.17, 15) is 0 Å². The molecule has 3 aromatic heterocycles. The zero-order valence-electron chi connectivity index (χ0n) is 14.3. The minimum Gasteiger partial charge on any atom is -0.463 e. The number of aryl methyl sites for hydroxylation is 1. The molecule has 1 N–H and O–H groups in total. The number of hydrogen-bond acceptors (Lipinski definition) is 3. The van der Waals surface area contributed by atoms with Gasteiger partial charge in [-0.25, -0.2) is 4.98 Å². The molecule has 4 rings (SSSR count). The maximum atomic E-state index is 5.70. The smallest absolute Gasteiger partial charge is 0.152 e. The fraction of sp³-hybridized carbons (Fsp3) is 0.200. The monoisotopic (exact) mass is 332 g/mol. The lowest BCUT2D eigenvalue weighted by Crippen LogP contribution is -2.09. The molecule has 0 saturated carbocycles. The third-order valence-electron chi connectivity index (χ3n) is 4.33. The molecular weight excluding hydrogens is 312 g/mol. The van der Waals surface area contributed by atoms with Gasteiger partial charge in [0.25, 0.3) is 0 Å². The van der Waals surface area contributed by atoms with Crippen LogP contribution in [0.25, 0.3) is 22.7 Å². The number of nitrogens with one attached hydrogen (secondary N) is 1. The molecule has 5 nitrogen and oxygen atoms in total. The number of H-pyrrole nitrogens is 1. The van der Waals surface area contributed by atoms with Gasteiger partial charge >= 0.3 is 0 Å². The van der Waals surface area contributed by atoms with Gasteiger partial charge in [0.2, 0.25) is 0 Å². The molecule has 1 aromatic carbocycles. The van der Waals surface area contributed by atoms with E-state index in [1.54, 1.807) is 6.26 Å². The van der Waals surface area contributed by atoms with Crippen LogP contribution in [0.2, 0.25) is 0 Å². The molecule has 5 heteroatoms. The first kappa shape index (κ1) is 15.4. The minimum atomic E-state index is 0.202. The van der Waals surface area contributed by atoms with Gasteiger partial charge in [-0.1, -0.05) is 30.3 Å². The lowest BCUT2D eigenvalue weighted by molar-refractivity contribution is 0.524. The topological polar surface area (TPSA) is 59.6 Å². The van der Waals surface area contributed by atoms with Crippen molar-refractivity contribution in [1.82, 2.24) is 19.7 Å². The molecule has 0 amide bonds. The summed E-state index contributed by atoms with van der Waals surface area (Å²) in [6.45, 7) is 4.19.